The summed E-state index contributed by atoms with van der Waals surface area (Å²) in [4.78, 5) is 16.7. The molecule has 0 radical (unpaired) electrons. The van der Waals surface area contributed by atoms with Crippen molar-refractivity contribution in [1.82, 2.24) is 4.90 Å². The van der Waals surface area contributed by atoms with Crippen LogP contribution in [-0.2, 0) is 4.79 Å². The highest BCUT2D eigenvalue weighted by atomic mass is 16.3. The molecule has 23 heavy (non-hydrogen) atoms. The molecule has 1 fully saturated rings. The summed E-state index contributed by atoms with van der Waals surface area (Å²) in [7, 11) is 0. The van der Waals surface area contributed by atoms with Crippen LogP contribution >= 0.6 is 0 Å². The van der Waals surface area contributed by atoms with Crippen molar-refractivity contribution in [2.75, 3.05) is 24.5 Å². The zero-order valence-electron chi connectivity index (χ0n) is 13.6. The molecule has 4 nitrogen and oxygen atoms in total. The van der Waals surface area contributed by atoms with Crippen LogP contribution in [0.5, 0.6) is 0 Å². The third-order valence-corrected chi connectivity index (χ3v) is 4.15. The zero-order chi connectivity index (χ0) is 16.2. The molecule has 1 aliphatic rings. The Labute approximate surface area is 137 Å². The van der Waals surface area contributed by atoms with Crippen LogP contribution in [0.1, 0.15) is 18.2 Å². The van der Waals surface area contributed by atoms with Gasteiger partial charge < -0.3 is 9.32 Å². The molecular formula is C19H22N2O2. The van der Waals surface area contributed by atoms with Gasteiger partial charge in [-0.2, -0.15) is 0 Å². The van der Waals surface area contributed by atoms with E-state index in [2.05, 4.69) is 11.8 Å². The highest BCUT2D eigenvalue weighted by molar-refractivity contribution is 5.96. The summed E-state index contributed by atoms with van der Waals surface area (Å²) in [5.74, 6) is 0.993. The molecule has 0 spiro atoms. The number of benzene rings is 1. The summed E-state index contributed by atoms with van der Waals surface area (Å²) in [6, 6.07) is 12.0. The molecule has 4 heteroatoms. The maximum absolute atomic E-state index is 12.6. The van der Waals surface area contributed by atoms with Crippen LogP contribution in [-0.4, -0.2) is 36.5 Å². The number of hydrogen-bond acceptors (Lipinski definition) is 3. The molecule has 0 saturated carbocycles. The van der Waals surface area contributed by atoms with Crippen LogP contribution in [0.15, 0.2) is 53.2 Å². The number of carbonyl (C=O) groups excluding carboxylic acids is 1. The van der Waals surface area contributed by atoms with Crippen LogP contribution in [0, 0.1) is 6.92 Å². The van der Waals surface area contributed by atoms with Crippen LogP contribution in [0.25, 0.3) is 6.08 Å². The lowest BCUT2D eigenvalue weighted by atomic mass is 10.1. The third kappa shape index (κ3) is 3.54. The maximum Gasteiger partial charge on any atom is 0.241 e. The van der Waals surface area contributed by atoms with Gasteiger partial charge in [0.2, 0.25) is 5.91 Å². The zero-order valence-corrected chi connectivity index (χ0v) is 13.6. The van der Waals surface area contributed by atoms with E-state index < -0.39 is 0 Å². The van der Waals surface area contributed by atoms with Crippen LogP contribution in [0.4, 0.5) is 5.69 Å². The molecule has 0 unspecified atom stereocenters. The first kappa shape index (κ1) is 15.6. The topological polar surface area (TPSA) is 36.7 Å². The Morgan fingerprint density at radius 1 is 1.26 bits per heavy atom. The molecule has 1 aromatic heterocycles. The molecule has 1 aromatic carbocycles. The fourth-order valence-corrected chi connectivity index (χ4v) is 3.08. The molecule has 1 atom stereocenters. The van der Waals surface area contributed by atoms with Gasteiger partial charge in [0.05, 0.1) is 12.8 Å². The van der Waals surface area contributed by atoms with Gasteiger partial charge in [-0.1, -0.05) is 24.3 Å². The van der Waals surface area contributed by atoms with Gasteiger partial charge in [0.15, 0.2) is 0 Å². The molecular weight excluding hydrogens is 288 g/mol. The minimum atomic E-state index is 0.157. The van der Waals surface area contributed by atoms with Crippen molar-refractivity contribution in [3.63, 3.8) is 0 Å². The second kappa shape index (κ2) is 6.84. The third-order valence-electron chi connectivity index (χ3n) is 4.15. The predicted molar refractivity (Wildman–Crippen MR) is 92.3 cm³/mol. The van der Waals surface area contributed by atoms with Crippen molar-refractivity contribution in [2.24, 2.45) is 0 Å². The van der Waals surface area contributed by atoms with Gasteiger partial charge in [-0.15, -0.1) is 0 Å². The van der Waals surface area contributed by atoms with Gasteiger partial charge in [0, 0.05) is 24.8 Å². The summed E-state index contributed by atoms with van der Waals surface area (Å²) in [6.07, 6.45) is 5.65. The van der Waals surface area contributed by atoms with Gasteiger partial charge in [0.1, 0.15) is 5.76 Å². The molecule has 3 rings (SSSR count). The fourth-order valence-electron chi connectivity index (χ4n) is 3.08. The Hall–Kier alpha value is -2.33. The summed E-state index contributed by atoms with van der Waals surface area (Å²) in [6.45, 7) is 6.21. The van der Waals surface area contributed by atoms with E-state index in [-0.39, 0.29) is 11.9 Å². The van der Waals surface area contributed by atoms with E-state index in [1.54, 1.807) is 6.26 Å². The monoisotopic (exact) mass is 310 g/mol. The summed E-state index contributed by atoms with van der Waals surface area (Å²) in [5.41, 5.74) is 2.16. The fraction of sp³-hybridized carbons (Fsp3) is 0.316. The highest BCUT2D eigenvalue weighted by Crippen LogP contribution is 2.24. The van der Waals surface area contributed by atoms with Crippen LogP contribution in [0.3, 0.4) is 0 Å². The first-order valence-electron chi connectivity index (χ1n) is 7.95. The minimum absolute atomic E-state index is 0.157. The van der Waals surface area contributed by atoms with E-state index >= 15 is 0 Å². The van der Waals surface area contributed by atoms with Gasteiger partial charge in [-0.3, -0.25) is 9.69 Å². The van der Waals surface area contributed by atoms with E-state index in [0.717, 1.165) is 30.1 Å². The molecule has 0 N–H and O–H groups in total. The molecule has 1 saturated heterocycles. The van der Waals surface area contributed by atoms with E-state index in [4.69, 9.17) is 4.42 Å². The molecule has 0 bridgehead atoms. The number of aryl methyl sites for hydroxylation is 1. The van der Waals surface area contributed by atoms with Gasteiger partial charge in [-0.25, -0.2) is 0 Å². The van der Waals surface area contributed by atoms with Crippen molar-refractivity contribution in [3.05, 3.63) is 60.1 Å². The van der Waals surface area contributed by atoms with E-state index in [1.165, 1.54) is 0 Å². The second-order valence-corrected chi connectivity index (χ2v) is 6.01. The number of anilines is 1. The number of hydrogen-bond donors (Lipinski definition) is 0. The largest absolute Gasteiger partial charge is 0.465 e. The Morgan fingerprint density at radius 2 is 2.09 bits per heavy atom. The predicted octanol–water partition coefficient (Wildman–Crippen LogP) is 3.34. The Bertz CT molecular complexity index is 691. The summed E-state index contributed by atoms with van der Waals surface area (Å²) < 4.78 is 5.27. The first-order chi connectivity index (χ1) is 11.1. The number of carbonyl (C=O) groups is 1. The minimum Gasteiger partial charge on any atom is -0.465 e. The number of nitrogens with zero attached hydrogens (tertiary/aromatic N) is 2. The molecule has 120 valence electrons. The Morgan fingerprint density at radius 3 is 2.78 bits per heavy atom. The van der Waals surface area contributed by atoms with E-state index in [9.17, 15) is 4.79 Å². The average Bonchev–Trinajstić information content (AvgIpc) is 3.02. The standard InChI is InChI=1S/C19H22N2O2/c1-15-7-3-4-10-18(15)21-16(2)13-20(14-19(21)22)11-5-8-17-9-6-12-23-17/h3-10,12,16H,11,13-14H2,1-2H3/b8-5+/t16-/m1/s1. The van der Waals surface area contributed by atoms with Crippen LogP contribution < -0.4 is 4.90 Å². The first-order valence-corrected chi connectivity index (χ1v) is 7.95. The quantitative estimate of drug-likeness (QED) is 0.869. The van der Waals surface area contributed by atoms with Crippen molar-refractivity contribution < 1.29 is 9.21 Å². The lowest BCUT2D eigenvalue weighted by molar-refractivity contribution is -0.121. The SMILES string of the molecule is Cc1ccccc1N1C(=O)CN(C/C=C/c2ccco2)C[C@H]1C. The van der Waals surface area contributed by atoms with Crippen LogP contribution in [0.2, 0.25) is 0 Å². The van der Waals surface area contributed by atoms with Gasteiger partial charge in [0.25, 0.3) is 0 Å². The highest BCUT2D eigenvalue weighted by Gasteiger charge is 2.30. The molecule has 1 aliphatic heterocycles. The lowest BCUT2D eigenvalue weighted by Crippen LogP contribution is -2.55. The van der Waals surface area contributed by atoms with Crippen molar-refractivity contribution in [2.45, 2.75) is 19.9 Å². The van der Waals surface area contributed by atoms with E-state index in [0.29, 0.717) is 6.54 Å². The van der Waals surface area contributed by atoms with Crippen molar-refractivity contribution in [3.8, 4) is 0 Å². The second-order valence-electron chi connectivity index (χ2n) is 6.01. The smallest absolute Gasteiger partial charge is 0.241 e. The lowest BCUT2D eigenvalue weighted by Gasteiger charge is -2.39. The van der Waals surface area contributed by atoms with E-state index in [1.807, 2.05) is 60.4 Å². The summed E-state index contributed by atoms with van der Waals surface area (Å²) >= 11 is 0. The number of furan rings is 1. The van der Waals surface area contributed by atoms with Crippen molar-refractivity contribution >= 4 is 17.7 Å². The maximum atomic E-state index is 12.6. The van der Waals surface area contributed by atoms with Gasteiger partial charge >= 0.3 is 0 Å². The average molecular weight is 310 g/mol. The Balaban J connectivity index is 1.65. The molecule has 1 amide bonds. The molecule has 2 aromatic rings. The number of piperazine rings is 1. The molecule has 0 aliphatic carbocycles. The number of para-hydroxylation sites is 1. The van der Waals surface area contributed by atoms with Crippen molar-refractivity contribution in [1.29, 1.82) is 0 Å². The normalized spacial score (nSPS) is 19.7. The van der Waals surface area contributed by atoms with Gasteiger partial charge in [-0.05, 0) is 43.7 Å². The molecule has 2 heterocycles. The number of rotatable bonds is 4. The number of amides is 1. The summed E-state index contributed by atoms with van der Waals surface area (Å²) in [5, 5.41) is 0. The Kier molecular flexibility index (Phi) is 4.63.